The normalized spacial score (nSPS) is 16.9. The molecule has 3 rings (SSSR count). The van der Waals surface area contributed by atoms with E-state index in [0.717, 1.165) is 10.4 Å². The van der Waals surface area contributed by atoms with Gasteiger partial charge in [0.25, 0.3) is 5.91 Å². The van der Waals surface area contributed by atoms with E-state index in [2.05, 4.69) is 0 Å². The van der Waals surface area contributed by atoms with Crippen molar-refractivity contribution in [1.29, 1.82) is 0 Å². The van der Waals surface area contributed by atoms with Crippen LogP contribution in [0.25, 0.3) is 6.08 Å². The van der Waals surface area contributed by atoms with Gasteiger partial charge in [0.2, 0.25) is 0 Å². The third-order valence-electron chi connectivity index (χ3n) is 3.58. The zero-order valence-corrected chi connectivity index (χ0v) is 13.5. The smallest absolute Gasteiger partial charge is 0.326 e. The second kappa shape index (κ2) is 5.89. The molecule has 118 valence electrons. The quantitative estimate of drug-likeness (QED) is 0.878. The Bertz CT molecular complexity index is 795. The van der Waals surface area contributed by atoms with Gasteiger partial charge in [-0.25, -0.2) is 4.79 Å². The lowest BCUT2D eigenvalue weighted by Crippen LogP contribution is -2.47. The van der Waals surface area contributed by atoms with Gasteiger partial charge >= 0.3 is 5.97 Å². The second-order valence-corrected chi connectivity index (χ2v) is 6.27. The lowest BCUT2D eigenvalue weighted by Gasteiger charge is -2.33. The highest BCUT2D eigenvalue weighted by atomic mass is 32.1. The van der Waals surface area contributed by atoms with Crippen molar-refractivity contribution in [3.63, 3.8) is 0 Å². The molecule has 23 heavy (non-hydrogen) atoms. The second-order valence-electron chi connectivity index (χ2n) is 5.29. The van der Waals surface area contributed by atoms with Gasteiger partial charge in [0.15, 0.2) is 11.5 Å². The molecule has 2 aromatic rings. The molecular weight excluding hydrogens is 314 g/mol. The van der Waals surface area contributed by atoms with Crippen molar-refractivity contribution in [2.24, 2.45) is 0 Å². The van der Waals surface area contributed by atoms with E-state index in [1.807, 2.05) is 30.5 Å². The van der Waals surface area contributed by atoms with Gasteiger partial charge in [0.1, 0.15) is 6.04 Å². The maximum absolute atomic E-state index is 12.7. The molecule has 1 unspecified atom stereocenters. The maximum Gasteiger partial charge on any atom is 0.326 e. The van der Waals surface area contributed by atoms with Crippen LogP contribution in [-0.4, -0.2) is 23.0 Å². The van der Waals surface area contributed by atoms with Crippen molar-refractivity contribution in [3.05, 3.63) is 51.9 Å². The highest BCUT2D eigenvalue weighted by molar-refractivity contribution is 7.10. The van der Waals surface area contributed by atoms with Crippen LogP contribution in [0, 0.1) is 6.92 Å². The predicted octanol–water partition coefficient (Wildman–Crippen LogP) is 3.30. The average molecular weight is 329 g/mol. The fourth-order valence-corrected chi connectivity index (χ4v) is 3.03. The molecule has 0 bridgehead atoms. The summed E-state index contributed by atoms with van der Waals surface area (Å²) in [6.45, 7) is 3.37. The number of carboxylic acid groups (broad SMARTS) is 1. The predicted molar refractivity (Wildman–Crippen MR) is 88.7 cm³/mol. The number of rotatable bonds is 3. The first-order chi connectivity index (χ1) is 11.0. The van der Waals surface area contributed by atoms with Gasteiger partial charge in [-0.3, -0.25) is 9.69 Å². The minimum atomic E-state index is -1.07. The number of carbonyl (C=O) groups is 2. The van der Waals surface area contributed by atoms with Gasteiger partial charge in [0, 0.05) is 11.0 Å². The summed E-state index contributed by atoms with van der Waals surface area (Å²) < 4.78 is 5.72. The summed E-state index contributed by atoms with van der Waals surface area (Å²) in [5.74, 6) is -0.919. The summed E-state index contributed by atoms with van der Waals surface area (Å²) in [6.07, 6.45) is 1.64. The van der Waals surface area contributed by atoms with E-state index in [-0.39, 0.29) is 5.76 Å². The van der Waals surface area contributed by atoms with Crippen molar-refractivity contribution < 1.29 is 19.4 Å². The van der Waals surface area contributed by atoms with E-state index in [1.54, 1.807) is 18.2 Å². The average Bonchev–Trinajstić information content (AvgIpc) is 3.01. The minimum absolute atomic E-state index is 0.122. The van der Waals surface area contributed by atoms with E-state index in [4.69, 9.17) is 4.74 Å². The number of anilines is 1. The lowest BCUT2D eigenvalue weighted by molar-refractivity contribution is -0.139. The van der Waals surface area contributed by atoms with Gasteiger partial charge in [-0.2, -0.15) is 0 Å². The van der Waals surface area contributed by atoms with E-state index < -0.39 is 17.9 Å². The molecule has 0 radical (unpaired) electrons. The van der Waals surface area contributed by atoms with Gasteiger partial charge in [0.05, 0.1) is 5.69 Å². The van der Waals surface area contributed by atoms with Crippen LogP contribution < -0.4 is 9.64 Å². The van der Waals surface area contributed by atoms with Gasteiger partial charge < -0.3 is 9.84 Å². The number of carbonyl (C=O) groups excluding carboxylic acids is 1. The molecule has 0 saturated heterocycles. The van der Waals surface area contributed by atoms with Crippen molar-refractivity contribution in [1.82, 2.24) is 0 Å². The highest BCUT2D eigenvalue weighted by Crippen LogP contribution is 2.38. The molecule has 2 heterocycles. The summed E-state index contributed by atoms with van der Waals surface area (Å²) in [6, 6.07) is 8.12. The van der Waals surface area contributed by atoms with Crippen LogP contribution in [0.4, 0.5) is 5.69 Å². The van der Waals surface area contributed by atoms with Crippen molar-refractivity contribution in [3.8, 4) is 5.75 Å². The summed E-state index contributed by atoms with van der Waals surface area (Å²) in [7, 11) is 0. The third-order valence-corrected chi connectivity index (χ3v) is 4.40. The molecule has 6 heteroatoms. The number of carboxylic acids is 1. The molecule has 1 atom stereocenters. The molecule has 1 aromatic carbocycles. The number of thiophene rings is 1. The van der Waals surface area contributed by atoms with Crippen molar-refractivity contribution in [2.45, 2.75) is 19.9 Å². The third kappa shape index (κ3) is 2.85. The molecule has 1 aliphatic heterocycles. The Morgan fingerprint density at radius 1 is 1.39 bits per heavy atom. The SMILES string of the molecule is Cc1ccc2c(c1)N(C(C)C(=O)O)C(=O)/C(=C\c1cccs1)O2. The molecule has 0 fully saturated rings. The van der Waals surface area contributed by atoms with E-state index >= 15 is 0 Å². The Balaban J connectivity index is 2.11. The molecule has 1 amide bonds. The van der Waals surface area contributed by atoms with E-state index in [1.165, 1.54) is 23.2 Å². The summed E-state index contributed by atoms with van der Waals surface area (Å²) in [4.78, 5) is 26.3. The molecule has 1 aliphatic rings. The summed E-state index contributed by atoms with van der Waals surface area (Å²) in [5.41, 5.74) is 1.40. The van der Waals surface area contributed by atoms with E-state index in [0.29, 0.717) is 11.4 Å². The molecular formula is C17H15NO4S. The number of fused-ring (bicyclic) bond motifs is 1. The fraction of sp³-hybridized carbons (Fsp3) is 0.176. The number of benzene rings is 1. The number of amides is 1. The molecule has 0 saturated carbocycles. The van der Waals surface area contributed by atoms with Crippen LogP contribution in [0.1, 0.15) is 17.4 Å². The van der Waals surface area contributed by atoms with Gasteiger partial charge in [-0.05, 0) is 43.0 Å². The van der Waals surface area contributed by atoms with Crippen LogP contribution in [0.5, 0.6) is 5.75 Å². The topological polar surface area (TPSA) is 66.8 Å². The molecule has 0 aliphatic carbocycles. The Morgan fingerprint density at radius 2 is 2.17 bits per heavy atom. The monoisotopic (exact) mass is 329 g/mol. The summed E-state index contributed by atoms with van der Waals surface area (Å²) >= 11 is 1.47. The lowest BCUT2D eigenvalue weighted by atomic mass is 10.1. The molecule has 5 nitrogen and oxygen atoms in total. The first-order valence-corrected chi connectivity index (χ1v) is 7.95. The first-order valence-electron chi connectivity index (χ1n) is 7.07. The first kappa shape index (κ1) is 15.3. The van der Waals surface area contributed by atoms with Crippen molar-refractivity contribution in [2.75, 3.05) is 4.90 Å². The number of ether oxygens (including phenoxy) is 1. The van der Waals surface area contributed by atoms with Crippen LogP contribution in [0.15, 0.2) is 41.5 Å². The van der Waals surface area contributed by atoms with Crippen LogP contribution in [0.3, 0.4) is 0 Å². The van der Waals surface area contributed by atoms with Crippen LogP contribution >= 0.6 is 11.3 Å². The molecule has 1 aromatic heterocycles. The summed E-state index contributed by atoms with van der Waals surface area (Å²) in [5, 5.41) is 11.2. The zero-order valence-electron chi connectivity index (χ0n) is 12.6. The van der Waals surface area contributed by atoms with Crippen LogP contribution in [-0.2, 0) is 9.59 Å². The number of aliphatic carboxylic acids is 1. The largest absolute Gasteiger partial charge is 0.480 e. The Labute approximate surface area is 137 Å². The maximum atomic E-state index is 12.7. The number of nitrogens with zero attached hydrogens (tertiary/aromatic N) is 1. The molecule has 1 N–H and O–H groups in total. The number of aryl methyl sites for hydroxylation is 1. The highest BCUT2D eigenvalue weighted by Gasteiger charge is 2.36. The number of hydrogen-bond acceptors (Lipinski definition) is 4. The minimum Gasteiger partial charge on any atom is -0.480 e. The Hall–Kier alpha value is -2.60. The number of hydrogen-bond donors (Lipinski definition) is 1. The Morgan fingerprint density at radius 3 is 2.83 bits per heavy atom. The zero-order chi connectivity index (χ0) is 16.6. The Kier molecular flexibility index (Phi) is 3.92. The fourth-order valence-electron chi connectivity index (χ4n) is 2.38. The van der Waals surface area contributed by atoms with Gasteiger partial charge in [-0.1, -0.05) is 12.1 Å². The van der Waals surface area contributed by atoms with Crippen LogP contribution in [0.2, 0.25) is 0 Å². The molecule has 0 spiro atoms. The van der Waals surface area contributed by atoms with Gasteiger partial charge in [-0.15, -0.1) is 11.3 Å². The van der Waals surface area contributed by atoms with Crippen molar-refractivity contribution >= 4 is 35.0 Å². The standard InChI is InChI=1S/C17H15NO4S/c1-10-5-6-14-13(8-10)18(11(2)17(20)21)16(19)15(22-14)9-12-4-3-7-23-12/h3-9,11H,1-2H3,(H,20,21)/b15-9+. The van der Waals surface area contributed by atoms with E-state index in [9.17, 15) is 14.7 Å².